The first-order valence-corrected chi connectivity index (χ1v) is 8.21. The van der Waals surface area contributed by atoms with Crippen LogP contribution >= 0.6 is 0 Å². The maximum atomic E-state index is 12.4. The van der Waals surface area contributed by atoms with Gasteiger partial charge in [-0.1, -0.05) is 26.8 Å². The van der Waals surface area contributed by atoms with Crippen molar-refractivity contribution in [3.63, 3.8) is 0 Å². The molecule has 0 atom stereocenters. The number of nitrogens with one attached hydrogen (secondary N) is 1. The van der Waals surface area contributed by atoms with Crippen molar-refractivity contribution < 1.29 is 4.79 Å². The van der Waals surface area contributed by atoms with Crippen LogP contribution < -0.4 is 0 Å². The number of likely N-dealkylation sites (tertiary alicyclic amines) is 1. The van der Waals surface area contributed by atoms with Gasteiger partial charge in [-0.2, -0.15) is 5.10 Å². The van der Waals surface area contributed by atoms with E-state index >= 15 is 0 Å². The molecule has 5 nitrogen and oxygen atoms in total. The molecule has 1 aliphatic rings. The molecule has 1 amide bonds. The quantitative estimate of drug-likeness (QED) is 0.926. The fourth-order valence-corrected chi connectivity index (χ4v) is 3.08. The van der Waals surface area contributed by atoms with Crippen molar-refractivity contribution in [1.29, 1.82) is 0 Å². The zero-order valence-corrected chi connectivity index (χ0v) is 14.0. The Morgan fingerprint density at radius 2 is 1.96 bits per heavy atom. The van der Waals surface area contributed by atoms with Crippen molar-refractivity contribution in [2.45, 2.75) is 39.5 Å². The van der Waals surface area contributed by atoms with E-state index in [0.29, 0.717) is 5.92 Å². The van der Waals surface area contributed by atoms with E-state index in [-0.39, 0.29) is 11.3 Å². The van der Waals surface area contributed by atoms with Crippen LogP contribution in [-0.2, 0) is 4.79 Å². The number of hydrogen-bond donors (Lipinski definition) is 1. The van der Waals surface area contributed by atoms with Gasteiger partial charge in [0.15, 0.2) is 0 Å². The van der Waals surface area contributed by atoms with Crippen LogP contribution in [0.25, 0.3) is 11.4 Å². The van der Waals surface area contributed by atoms with Gasteiger partial charge in [0.2, 0.25) is 5.91 Å². The zero-order valence-electron chi connectivity index (χ0n) is 14.0. The molecule has 0 saturated carbocycles. The van der Waals surface area contributed by atoms with Crippen LogP contribution in [0, 0.1) is 5.41 Å². The summed E-state index contributed by atoms with van der Waals surface area (Å²) in [5.41, 5.74) is 2.67. The van der Waals surface area contributed by atoms with Crippen molar-refractivity contribution in [3.8, 4) is 11.4 Å². The highest BCUT2D eigenvalue weighted by molar-refractivity contribution is 5.81. The summed E-state index contributed by atoms with van der Waals surface area (Å²) in [6.07, 6.45) is 3.68. The number of piperidine rings is 1. The molecule has 5 heteroatoms. The van der Waals surface area contributed by atoms with Crippen LogP contribution in [-0.4, -0.2) is 39.1 Å². The highest BCUT2D eigenvalue weighted by atomic mass is 16.2. The van der Waals surface area contributed by atoms with Gasteiger partial charge in [-0.3, -0.25) is 14.9 Å². The van der Waals surface area contributed by atoms with E-state index in [2.05, 4.69) is 16.3 Å². The molecule has 2 aromatic rings. The van der Waals surface area contributed by atoms with Crippen LogP contribution in [0.1, 0.15) is 45.2 Å². The van der Waals surface area contributed by atoms with Crippen molar-refractivity contribution in [3.05, 3.63) is 36.2 Å². The minimum absolute atomic E-state index is 0.245. The molecule has 1 saturated heterocycles. The third-order valence-electron chi connectivity index (χ3n) is 4.39. The lowest BCUT2D eigenvalue weighted by Gasteiger charge is -2.35. The number of carbonyl (C=O) groups excluding carboxylic acids is 1. The number of nitrogens with zero attached hydrogens (tertiary/aromatic N) is 3. The van der Waals surface area contributed by atoms with Gasteiger partial charge in [0.25, 0.3) is 0 Å². The Kier molecular flexibility index (Phi) is 4.20. The summed E-state index contributed by atoms with van der Waals surface area (Å²) >= 11 is 0. The fourth-order valence-electron chi connectivity index (χ4n) is 3.08. The zero-order chi connectivity index (χ0) is 16.4. The fraction of sp³-hybridized carbons (Fsp3) is 0.500. The summed E-state index contributed by atoms with van der Waals surface area (Å²) in [5.74, 6) is 0.664. The highest BCUT2D eigenvalue weighted by Gasteiger charge is 2.31. The Morgan fingerprint density at radius 3 is 2.57 bits per heavy atom. The Bertz CT molecular complexity index is 665. The van der Waals surface area contributed by atoms with E-state index in [1.54, 1.807) is 6.20 Å². The second kappa shape index (κ2) is 6.14. The Labute approximate surface area is 137 Å². The van der Waals surface area contributed by atoms with Gasteiger partial charge < -0.3 is 4.90 Å². The second-order valence-electron chi connectivity index (χ2n) is 7.23. The SMILES string of the molecule is CC(C)(C)C(=O)N1CCC(c2cccc(-c3ccn[nH]3)n2)CC1. The number of aromatic nitrogens is 3. The monoisotopic (exact) mass is 312 g/mol. The smallest absolute Gasteiger partial charge is 0.227 e. The van der Waals surface area contributed by atoms with E-state index < -0.39 is 0 Å². The predicted octanol–water partition coefficient (Wildman–Crippen LogP) is 3.22. The Morgan fingerprint density at radius 1 is 1.22 bits per heavy atom. The van der Waals surface area contributed by atoms with E-state index in [0.717, 1.165) is 43.0 Å². The summed E-state index contributed by atoms with van der Waals surface area (Å²) in [5, 5.41) is 6.94. The van der Waals surface area contributed by atoms with Gasteiger partial charge in [-0.15, -0.1) is 0 Å². The lowest BCUT2D eigenvalue weighted by Crippen LogP contribution is -2.43. The van der Waals surface area contributed by atoms with Crippen LogP contribution in [0.5, 0.6) is 0 Å². The molecule has 0 aliphatic carbocycles. The second-order valence-corrected chi connectivity index (χ2v) is 7.23. The van der Waals surface area contributed by atoms with Crippen molar-refractivity contribution in [2.75, 3.05) is 13.1 Å². The number of amides is 1. The molecule has 1 fully saturated rings. The highest BCUT2D eigenvalue weighted by Crippen LogP contribution is 2.30. The summed E-state index contributed by atoms with van der Waals surface area (Å²) in [6, 6.07) is 8.06. The Balaban J connectivity index is 1.69. The molecule has 0 radical (unpaired) electrons. The first kappa shape index (κ1) is 15.7. The van der Waals surface area contributed by atoms with Crippen LogP contribution in [0.2, 0.25) is 0 Å². The predicted molar refractivity (Wildman–Crippen MR) is 89.8 cm³/mol. The maximum absolute atomic E-state index is 12.4. The molecule has 0 unspecified atom stereocenters. The van der Waals surface area contributed by atoms with Gasteiger partial charge in [-0.05, 0) is 31.0 Å². The van der Waals surface area contributed by atoms with Crippen molar-refractivity contribution in [2.24, 2.45) is 5.41 Å². The van der Waals surface area contributed by atoms with Gasteiger partial charge >= 0.3 is 0 Å². The number of aromatic amines is 1. The van der Waals surface area contributed by atoms with E-state index in [1.807, 2.05) is 43.9 Å². The maximum Gasteiger partial charge on any atom is 0.227 e. The lowest BCUT2D eigenvalue weighted by molar-refractivity contribution is -0.140. The summed E-state index contributed by atoms with van der Waals surface area (Å²) in [4.78, 5) is 19.1. The molecule has 122 valence electrons. The van der Waals surface area contributed by atoms with Crippen molar-refractivity contribution >= 4 is 5.91 Å². The van der Waals surface area contributed by atoms with Crippen LogP contribution in [0.15, 0.2) is 30.5 Å². The first-order valence-electron chi connectivity index (χ1n) is 8.21. The standard InChI is InChI=1S/C18H24N4O/c1-18(2,3)17(23)22-11-8-13(9-12-22)14-5-4-6-15(20-14)16-7-10-19-21-16/h4-7,10,13H,8-9,11-12H2,1-3H3,(H,19,21). The van der Waals surface area contributed by atoms with E-state index in [4.69, 9.17) is 4.98 Å². The molecular weight excluding hydrogens is 288 g/mol. The van der Waals surface area contributed by atoms with Gasteiger partial charge in [-0.25, -0.2) is 0 Å². The number of H-pyrrole nitrogens is 1. The third-order valence-corrected chi connectivity index (χ3v) is 4.39. The normalized spacial score (nSPS) is 16.6. The third kappa shape index (κ3) is 3.44. The van der Waals surface area contributed by atoms with Gasteiger partial charge in [0, 0.05) is 36.3 Å². The number of hydrogen-bond acceptors (Lipinski definition) is 3. The Hall–Kier alpha value is -2.17. The summed E-state index contributed by atoms with van der Waals surface area (Å²) in [6.45, 7) is 7.58. The van der Waals surface area contributed by atoms with E-state index in [1.165, 1.54) is 0 Å². The van der Waals surface area contributed by atoms with Crippen molar-refractivity contribution in [1.82, 2.24) is 20.1 Å². The molecular formula is C18H24N4O. The minimum atomic E-state index is -0.300. The van der Waals surface area contributed by atoms with Crippen LogP contribution in [0.4, 0.5) is 0 Å². The molecule has 0 bridgehead atoms. The number of carbonyl (C=O) groups is 1. The van der Waals surface area contributed by atoms with Gasteiger partial charge in [0.05, 0.1) is 11.4 Å². The molecule has 3 heterocycles. The minimum Gasteiger partial charge on any atom is -0.342 e. The molecule has 23 heavy (non-hydrogen) atoms. The molecule has 2 aromatic heterocycles. The first-order chi connectivity index (χ1) is 10.9. The number of pyridine rings is 1. The molecule has 1 aliphatic heterocycles. The number of rotatable bonds is 2. The average molecular weight is 312 g/mol. The largest absolute Gasteiger partial charge is 0.342 e. The topological polar surface area (TPSA) is 61.9 Å². The molecule has 0 aromatic carbocycles. The van der Waals surface area contributed by atoms with Crippen LogP contribution in [0.3, 0.4) is 0 Å². The molecule has 3 rings (SSSR count). The molecule has 0 spiro atoms. The average Bonchev–Trinajstić information content (AvgIpc) is 3.08. The lowest BCUT2D eigenvalue weighted by atomic mass is 9.89. The summed E-state index contributed by atoms with van der Waals surface area (Å²) in [7, 11) is 0. The van der Waals surface area contributed by atoms with Gasteiger partial charge in [0.1, 0.15) is 0 Å². The molecule has 1 N–H and O–H groups in total. The van der Waals surface area contributed by atoms with E-state index in [9.17, 15) is 4.79 Å². The summed E-state index contributed by atoms with van der Waals surface area (Å²) < 4.78 is 0.